The molecule has 0 spiro atoms. The van der Waals surface area contributed by atoms with Crippen molar-refractivity contribution in [2.24, 2.45) is 5.73 Å². The van der Waals surface area contributed by atoms with Crippen LogP contribution in [0.5, 0.6) is 0 Å². The number of hydrogen-bond acceptors (Lipinski definition) is 3. The fraction of sp³-hybridized carbons (Fsp3) is 0.167. The average Bonchev–Trinajstić information content (AvgIpc) is 2.29. The lowest BCUT2D eigenvalue weighted by atomic mass is 10.0. The van der Waals surface area contributed by atoms with E-state index in [0.29, 0.717) is 18.5 Å². The average molecular weight is 235 g/mol. The van der Waals surface area contributed by atoms with Gasteiger partial charge in [0.1, 0.15) is 0 Å². The van der Waals surface area contributed by atoms with Gasteiger partial charge >= 0.3 is 11.9 Å². The zero-order chi connectivity index (χ0) is 12.8. The topological polar surface area (TPSA) is 101 Å². The van der Waals surface area contributed by atoms with E-state index in [1.165, 1.54) is 12.1 Å². The van der Waals surface area contributed by atoms with E-state index in [4.69, 9.17) is 15.9 Å². The van der Waals surface area contributed by atoms with Gasteiger partial charge in [0.05, 0.1) is 11.1 Å². The Hall–Kier alpha value is -2.14. The summed E-state index contributed by atoms with van der Waals surface area (Å²) in [7, 11) is 0. The first-order valence-electron chi connectivity index (χ1n) is 5.03. The molecule has 0 aromatic heterocycles. The molecule has 0 aliphatic carbocycles. The minimum atomic E-state index is -1.15. The monoisotopic (exact) mass is 235 g/mol. The molecule has 1 aromatic carbocycles. The molecular weight excluding hydrogens is 222 g/mol. The van der Waals surface area contributed by atoms with E-state index in [1.54, 1.807) is 12.2 Å². The minimum Gasteiger partial charge on any atom is -0.478 e. The number of aromatic carboxylic acids is 2. The second kappa shape index (κ2) is 5.81. The van der Waals surface area contributed by atoms with Gasteiger partial charge in [-0.1, -0.05) is 12.2 Å². The van der Waals surface area contributed by atoms with E-state index in [1.807, 2.05) is 0 Å². The molecule has 0 radical (unpaired) electrons. The highest BCUT2D eigenvalue weighted by Crippen LogP contribution is 2.12. The molecule has 0 amide bonds. The molecule has 1 aromatic rings. The first-order chi connectivity index (χ1) is 8.04. The third kappa shape index (κ3) is 3.73. The lowest BCUT2D eigenvalue weighted by Gasteiger charge is -2.01. The van der Waals surface area contributed by atoms with Crippen molar-refractivity contribution in [1.29, 1.82) is 0 Å². The van der Waals surface area contributed by atoms with Crippen LogP contribution in [0.4, 0.5) is 0 Å². The summed E-state index contributed by atoms with van der Waals surface area (Å²) < 4.78 is 0. The molecule has 0 aliphatic heterocycles. The number of carbonyl (C=O) groups is 2. The van der Waals surface area contributed by atoms with E-state index < -0.39 is 11.9 Å². The van der Waals surface area contributed by atoms with Crippen LogP contribution in [0, 0.1) is 0 Å². The molecule has 0 heterocycles. The molecular formula is C12H13NO4. The fourth-order valence-corrected chi connectivity index (χ4v) is 1.31. The van der Waals surface area contributed by atoms with Crippen molar-refractivity contribution in [2.75, 3.05) is 6.54 Å². The van der Waals surface area contributed by atoms with E-state index in [9.17, 15) is 9.59 Å². The molecule has 0 saturated heterocycles. The summed E-state index contributed by atoms with van der Waals surface area (Å²) in [5.74, 6) is -2.30. The zero-order valence-corrected chi connectivity index (χ0v) is 9.09. The quantitative estimate of drug-likeness (QED) is 0.717. The number of carboxylic acids is 2. The summed E-state index contributed by atoms with van der Waals surface area (Å²) in [6.07, 6.45) is 4.08. The molecule has 0 fully saturated rings. The van der Waals surface area contributed by atoms with Crippen LogP contribution in [-0.4, -0.2) is 28.7 Å². The number of benzene rings is 1. The first-order valence-corrected chi connectivity index (χ1v) is 5.03. The summed E-state index contributed by atoms with van der Waals surface area (Å²) >= 11 is 0. The van der Waals surface area contributed by atoms with Crippen LogP contribution in [0.25, 0.3) is 6.08 Å². The van der Waals surface area contributed by atoms with Crippen molar-refractivity contribution in [1.82, 2.24) is 0 Å². The number of rotatable bonds is 5. The number of hydrogen-bond donors (Lipinski definition) is 3. The highest BCUT2D eigenvalue weighted by atomic mass is 16.4. The van der Waals surface area contributed by atoms with Crippen LogP contribution in [0.3, 0.4) is 0 Å². The first kappa shape index (κ1) is 12.9. The summed E-state index contributed by atoms with van der Waals surface area (Å²) in [5, 5.41) is 17.7. The Bertz CT molecular complexity index is 433. The number of nitrogens with two attached hydrogens (primary N) is 1. The van der Waals surface area contributed by atoms with Crippen molar-refractivity contribution < 1.29 is 19.8 Å². The normalized spacial score (nSPS) is 10.6. The summed E-state index contributed by atoms with van der Waals surface area (Å²) in [6, 6.07) is 3.97. The van der Waals surface area contributed by atoms with Crippen molar-refractivity contribution in [3.05, 3.63) is 41.0 Å². The largest absolute Gasteiger partial charge is 0.478 e. The second-order valence-electron chi connectivity index (χ2n) is 3.43. The van der Waals surface area contributed by atoms with Crippen molar-refractivity contribution in [2.45, 2.75) is 6.42 Å². The predicted octanol–water partition coefficient (Wildman–Crippen LogP) is 1.45. The molecule has 0 aliphatic rings. The Morgan fingerprint density at radius 2 is 1.65 bits per heavy atom. The summed E-state index contributed by atoms with van der Waals surface area (Å²) in [5.41, 5.74) is 5.76. The van der Waals surface area contributed by atoms with Crippen molar-refractivity contribution in [3.8, 4) is 0 Å². The second-order valence-corrected chi connectivity index (χ2v) is 3.43. The summed E-state index contributed by atoms with van der Waals surface area (Å²) in [4.78, 5) is 21.6. The standard InChI is InChI=1S/C12H13NO4/c13-4-2-1-3-8-5-9(11(14)15)7-10(6-8)12(16)17/h1,3,5-7H,2,4,13H2,(H,14,15)(H,16,17). The van der Waals surface area contributed by atoms with Crippen LogP contribution < -0.4 is 5.73 Å². The summed E-state index contributed by atoms with van der Waals surface area (Å²) in [6.45, 7) is 0.487. The Morgan fingerprint density at radius 3 is 2.06 bits per heavy atom. The Balaban J connectivity index is 3.12. The smallest absolute Gasteiger partial charge is 0.335 e. The SMILES string of the molecule is NCCC=Cc1cc(C(=O)O)cc(C(=O)O)c1. The van der Waals surface area contributed by atoms with E-state index in [0.717, 1.165) is 6.07 Å². The van der Waals surface area contributed by atoms with Gasteiger partial charge in [0.25, 0.3) is 0 Å². The third-order valence-corrected chi connectivity index (χ3v) is 2.09. The Labute approximate surface area is 98.2 Å². The van der Waals surface area contributed by atoms with Crippen LogP contribution in [0.15, 0.2) is 24.3 Å². The maximum Gasteiger partial charge on any atom is 0.335 e. The molecule has 0 atom stereocenters. The van der Waals surface area contributed by atoms with Crippen molar-refractivity contribution >= 4 is 18.0 Å². The molecule has 1 rings (SSSR count). The van der Waals surface area contributed by atoms with Crippen LogP contribution >= 0.6 is 0 Å². The molecule has 0 saturated carbocycles. The highest BCUT2D eigenvalue weighted by molar-refractivity contribution is 5.94. The van der Waals surface area contributed by atoms with Gasteiger partial charge in [-0.15, -0.1) is 0 Å². The fourth-order valence-electron chi connectivity index (χ4n) is 1.31. The predicted molar refractivity (Wildman–Crippen MR) is 63.1 cm³/mol. The highest BCUT2D eigenvalue weighted by Gasteiger charge is 2.10. The van der Waals surface area contributed by atoms with E-state index in [2.05, 4.69) is 0 Å². The molecule has 0 bridgehead atoms. The minimum absolute atomic E-state index is 0.0442. The molecule has 4 N–H and O–H groups in total. The van der Waals surface area contributed by atoms with Gasteiger partial charge in [0.15, 0.2) is 0 Å². The lowest BCUT2D eigenvalue weighted by Crippen LogP contribution is -2.03. The van der Waals surface area contributed by atoms with E-state index >= 15 is 0 Å². The van der Waals surface area contributed by atoms with Gasteiger partial charge in [-0.25, -0.2) is 9.59 Å². The lowest BCUT2D eigenvalue weighted by molar-refractivity contribution is 0.0696. The van der Waals surface area contributed by atoms with Crippen LogP contribution in [-0.2, 0) is 0 Å². The molecule has 17 heavy (non-hydrogen) atoms. The Morgan fingerprint density at radius 1 is 1.12 bits per heavy atom. The maximum absolute atomic E-state index is 10.8. The Kier molecular flexibility index (Phi) is 4.42. The molecule has 5 nitrogen and oxygen atoms in total. The third-order valence-electron chi connectivity index (χ3n) is 2.09. The zero-order valence-electron chi connectivity index (χ0n) is 9.09. The van der Waals surface area contributed by atoms with Gasteiger partial charge in [0.2, 0.25) is 0 Å². The van der Waals surface area contributed by atoms with Gasteiger partial charge in [-0.3, -0.25) is 0 Å². The van der Waals surface area contributed by atoms with Crippen molar-refractivity contribution in [3.63, 3.8) is 0 Å². The maximum atomic E-state index is 10.8. The molecule has 90 valence electrons. The number of carboxylic acid groups (broad SMARTS) is 2. The van der Waals surface area contributed by atoms with Gasteiger partial charge < -0.3 is 15.9 Å². The van der Waals surface area contributed by atoms with Gasteiger partial charge in [0, 0.05) is 0 Å². The van der Waals surface area contributed by atoms with Crippen LogP contribution in [0.2, 0.25) is 0 Å². The van der Waals surface area contributed by atoms with Crippen LogP contribution in [0.1, 0.15) is 32.7 Å². The van der Waals surface area contributed by atoms with Gasteiger partial charge in [-0.05, 0) is 36.7 Å². The van der Waals surface area contributed by atoms with Gasteiger partial charge in [-0.2, -0.15) is 0 Å². The molecule has 0 unspecified atom stereocenters. The molecule has 5 heteroatoms. The van der Waals surface area contributed by atoms with E-state index in [-0.39, 0.29) is 11.1 Å².